The Balaban J connectivity index is 1.53. The molecular weight excluding hydrogens is 353 g/mol. The Morgan fingerprint density at radius 3 is 2.72 bits per heavy atom. The Bertz CT molecular complexity index is 1040. The maximum absolute atomic E-state index is 14.4. The third kappa shape index (κ3) is 2.69. The normalized spacial score (nSPS) is 16.2. The summed E-state index contributed by atoms with van der Waals surface area (Å²) in [5.74, 6) is 0.443. The minimum Gasteiger partial charge on any atom is -0.317 e. The van der Waals surface area contributed by atoms with Gasteiger partial charge in [0.25, 0.3) is 0 Å². The molecule has 25 heavy (non-hydrogen) atoms. The van der Waals surface area contributed by atoms with Crippen molar-refractivity contribution in [3.8, 4) is 10.4 Å². The van der Waals surface area contributed by atoms with Crippen molar-refractivity contribution in [2.24, 2.45) is 7.05 Å². The van der Waals surface area contributed by atoms with E-state index in [9.17, 15) is 4.39 Å². The van der Waals surface area contributed by atoms with Gasteiger partial charge in [0, 0.05) is 37.8 Å². The van der Waals surface area contributed by atoms with Crippen LogP contribution < -0.4 is 5.32 Å². The second-order valence-corrected chi connectivity index (χ2v) is 8.91. The van der Waals surface area contributed by atoms with Crippen molar-refractivity contribution in [3.05, 3.63) is 41.2 Å². The van der Waals surface area contributed by atoms with E-state index in [4.69, 9.17) is 0 Å². The van der Waals surface area contributed by atoms with Crippen molar-refractivity contribution >= 4 is 43.0 Å². The van der Waals surface area contributed by atoms with Gasteiger partial charge in [-0.1, -0.05) is 0 Å². The van der Waals surface area contributed by atoms with Crippen molar-refractivity contribution in [1.82, 2.24) is 15.1 Å². The molecule has 1 aliphatic heterocycles. The summed E-state index contributed by atoms with van der Waals surface area (Å²) >= 11 is 3.66. The number of fused-ring (bicyclic) bond motifs is 2. The maximum atomic E-state index is 14.4. The summed E-state index contributed by atoms with van der Waals surface area (Å²) < 4.78 is 18.7. The predicted octanol–water partition coefficient (Wildman–Crippen LogP) is 5.12. The highest BCUT2D eigenvalue weighted by molar-refractivity contribution is 7.29. The standard InChI is InChI=1S/C19H18FN3S2/c1-23-10-13-6-12(7-14(20)19(13)22-23)16-9-18-17(25-16)8-15(24-18)11-2-4-21-5-3-11/h6-11,21H,2-5H2,1H3. The van der Waals surface area contributed by atoms with Crippen LogP contribution >= 0.6 is 22.7 Å². The van der Waals surface area contributed by atoms with Crippen LogP contribution in [0.25, 0.3) is 30.7 Å². The number of rotatable bonds is 2. The van der Waals surface area contributed by atoms with Gasteiger partial charge in [-0.15, -0.1) is 22.7 Å². The van der Waals surface area contributed by atoms with Gasteiger partial charge in [0.2, 0.25) is 0 Å². The fourth-order valence-corrected chi connectivity index (χ4v) is 6.22. The van der Waals surface area contributed by atoms with Crippen LogP contribution in [-0.2, 0) is 7.05 Å². The molecule has 4 heterocycles. The first-order valence-electron chi connectivity index (χ1n) is 8.54. The summed E-state index contributed by atoms with van der Waals surface area (Å²) in [6.45, 7) is 2.23. The number of halogens is 1. The van der Waals surface area contributed by atoms with Crippen LogP contribution in [0.5, 0.6) is 0 Å². The zero-order valence-electron chi connectivity index (χ0n) is 13.9. The lowest BCUT2D eigenvalue weighted by atomic mass is 9.97. The molecule has 0 aliphatic carbocycles. The second kappa shape index (κ2) is 5.90. The Kier molecular flexibility index (Phi) is 3.66. The fraction of sp³-hybridized carbons (Fsp3) is 0.316. The van der Waals surface area contributed by atoms with Crippen LogP contribution in [0.1, 0.15) is 23.6 Å². The Morgan fingerprint density at radius 1 is 1.12 bits per heavy atom. The van der Waals surface area contributed by atoms with E-state index in [1.165, 1.54) is 27.1 Å². The lowest BCUT2D eigenvalue weighted by molar-refractivity contribution is 0.465. The Labute approximate surface area is 153 Å². The van der Waals surface area contributed by atoms with Crippen LogP contribution in [0, 0.1) is 5.82 Å². The molecule has 3 nitrogen and oxygen atoms in total. The molecule has 1 N–H and O–H groups in total. The number of thiophene rings is 2. The van der Waals surface area contributed by atoms with Gasteiger partial charge in [0.05, 0.1) is 0 Å². The lowest BCUT2D eigenvalue weighted by Crippen LogP contribution is -2.26. The van der Waals surface area contributed by atoms with Gasteiger partial charge in [0.1, 0.15) is 5.52 Å². The quantitative estimate of drug-likeness (QED) is 0.530. The molecule has 1 aromatic carbocycles. The van der Waals surface area contributed by atoms with Gasteiger partial charge in [-0.3, -0.25) is 4.68 Å². The average Bonchev–Trinajstić information content (AvgIpc) is 3.27. The van der Waals surface area contributed by atoms with E-state index in [1.807, 2.05) is 30.6 Å². The molecular formula is C19H18FN3S2. The van der Waals surface area contributed by atoms with Crippen LogP contribution in [-0.4, -0.2) is 22.9 Å². The molecule has 4 aromatic rings. The minimum atomic E-state index is -0.250. The van der Waals surface area contributed by atoms with Gasteiger partial charge < -0.3 is 5.32 Å². The first-order chi connectivity index (χ1) is 12.2. The third-order valence-electron chi connectivity index (χ3n) is 4.93. The second-order valence-electron chi connectivity index (χ2n) is 6.71. The number of nitrogens with one attached hydrogen (secondary N) is 1. The summed E-state index contributed by atoms with van der Waals surface area (Å²) in [6, 6.07) is 8.21. The zero-order chi connectivity index (χ0) is 17.0. The smallest absolute Gasteiger partial charge is 0.151 e. The van der Waals surface area contributed by atoms with E-state index in [0.29, 0.717) is 11.4 Å². The molecule has 1 saturated heterocycles. The highest BCUT2D eigenvalue weighted by Gasteiger charge is 2.19. The highest BCUT2D eigenvalue weighted by Crippen LogP contribution is 2.42. The molecule has 1 aliphatic rings. The number of piperidine rings is 1. The van der Waals surface area contributed by atoms with Gasteiger partial charge in [-0.05, 0) is 61.7 Å². The van der Waals surface area contributed by atoms with E-state index in [-0.39, 0.29) is 5.82 Å². The van der Waals surface area contributed by atoms with Crippen molar-refractivity contribution in [1.29, 1.82) is 0 Å². The highest BCUT2D eigenvalue weighted by atomic mass is 32.1. The Morgan fingerprint density at radius 2 is 1.92 bits per heavy atom. The summed E-state index contributed by atoms with van der Waals surface area (Å²) in [5, 5.41) is 8.47. The maximum Gasteiger partial charge on any atom is 0.151 e. The summed E-state index contributed by atoms with van der Waals surface area (Å²) in [4.78, 5) is 2.63. The molecule has 0 radical (unpaired) electrons. The van der Waals surface area contributed by atoms with Gasteiger partial charge >= 0.3 is 0 Å². The van der Waals surface area contributed by atoms with Gasteiger partial charge in [-0.25, -0.2) is 4.39 Å². The largest absolute Gasteiger partial charge is 0.317 e. The Hall–Kier alpha value is -1.76. The summed E-state index contributed by atoms with van der Waals surface area (Å²) in [7, 11) is 1.82. The van der Waals surface area contributed by atoms with Gasteiger partial charge in [0.15, 0.2) is 5.82 Å². The molecule has 3 aromatic heterocycles. The zero-order valence-corrected chi connectivity index (χ0v) is 15.5. The molecule has 0 unspecified atom stereocenters. The van der Waals surface area contributed by atoms with Crippen molar-refractivity contribution in [2.45, 2.75) is 18.8 Å². The van der Waals surface area contributed by atoms with Gasteiger partial charge in [-0.2, -0.15) is 5.10 Å². The van der Waals surface area contributed by atoms with Crippen molar-refractivity contribution in [2.75, 3.05) is 13.1 Å². The third-order valence-corrected chi connectivity index (χ3v) is 7.43. The molecule has 0 atom stereocenters. The molecule has 128 valence electrons. The monoisotopic (exact) mass is 371 g/mol. The molecule has 1 fully saturated rings. The average molecular weight is 372 g/mol. The summed E-state index contributed by atoms with van der Waals surface area (Å²) in [6.07, 6.45) is 4.32. The molecule has 0 bridgehead atoms. The van der Waals surface area contributed by atoms with E-state index in [2.05, 4.69) is 22.5 Å². The lowest BCUT2D eigenvalue weighted by Gasteiger charge is -2.21. The number of aromatic nitrogens is 2. The minimum absolute atomic E-state index is 0.250. The van der Waals surface area contributed by atoms with Crippen LogP contribution in [0.15, 0.2) is 30.5 Å². The molecule has 0 saturated carbocycles. The topological polar surface area (TPSA) is 29.9 Å². The molecule has 0 amide bonds. The predicted molar refractivity (Wildman–Crippen MR) is 104 cm³/mol. The number of benzene rings is 1. The van der Waals surface area contributed by atoms with E-state index in [1.54, 1.807) is 22.1 Å². The first kappa shape index (κ1) is 15.5. The molecule has 0 spiro atoms. The molecule has 5 rings (SSSR count). The van der Waals surface area contributed by atoms with Crippen LogP contribution in [0.2, 0.25) is 0 Å². The van der Waals surface area contributed by atoms with Crippen LogP contribution in [0.4, 0.5) is 4.39 Å². The van der Waals surface area contributed by atoms with Crippen molar-refractivity contribution < 1.29 is 4.39 Å². The number of hydrogen-bond donors (Lipinski definition) is 1. The van der Waals surface area contributed by atoms with E-state index in [0.717, 1.165) is 28.9 Å². The number of aryl methyl sites for hydroxylation is 1. The summed E-state index contributed by atoms with van der Waals surface area (Å²) in [5.41, 5.74) is 1.38. The fourth-order valence-electron chi connectivity index (χ4n) is 3.66. The number of nitrogens with zero attached hydrogens (tertiary/aromatic N) is 2. The van der Waals surface area contributed by atoms with Crippen molar-refractivity contribution in [3.63, 3.8) is 0 Å². The van der Waals surface area contributed by atoms with E-state index < -0.39 is 0 Å². The van der Waals surface area contributed by atoms with Crippen LogP contribution in [0.3, 0.4) is 0 Å². The molecule has 6 heteroatoms. The number of hydrogen-bond acceptors (Lipinski definition) is 4. The van der Waals surface area contributed by atoms with E-state index >= 15 is 0 Å². The first-order valence-corrected chi connectivity index (χ1v) is 10.2. The SMILES string of the molecule is Cn1cc2cc(-c3cc4sc(C5CCNCC5)cc4s3)cc(F)c2n1.